The van der Waals surface area contributed by atoms with Gasteiger partial charge >= 0.3 is 6.36 Å². The molecule has 0 aliphatic carbocycles. The van der Waals surface area contributed by atoms with Crippen molar-refractivity contribution in [2.45, 2.75) is 25.2 Å². The van der Waals surface area contributed by atoms with Gasteiger partial charge in [0.05, 0.1) is 5.69 Å². The summed E-state index contributed by atoms with van der Waals surface area (Å²) in [5.74, 6) is -0.663. The van der Waals surface area contributed by atoms with Crippen LogP contribution in [-0.2, 0) is 11.2 Å². The van der Waals surface area contributed by atoms with Crippen LogP contribution in [0.4, 0.5) is 18.9 Å². The number of anilines is 1. The van der Waals surface area contributed by atoms with Crippen LogP contribution in [0.15, 0.2) is 42.5 Å². The highest BCUT2D eigenvalue weighted by atomic mass is 35.5. The standard InChI is InChI=1S/C18H13Cl2F3N2O2S/c1-17(9-10-2-4-14(5-3-10)27-18(21,22)23)15(26)25(16(28)24-17)13-7-11(19)6-12(20)8-13/h2-8H,9H2,1H3,(H,24,28)/t17-/m1/s1. The number of nitrogens with zero attached hydrogens (tertiary/aromatic N) is 1. The molecule has 0 aromatic heterocycles. The Morgan fingerprint density at radius 3 is 2.25 bits per heavy atom. The van der Waals surface area contributed by atoms with Gasteiger partial charge in [0, 0.05) is 16.5 Å². The van der Waals surface area contributed by atoms with Crippen molar-refractivity contribution in [3.05, 3.63) is 58.1 Å². The predicted octanol–water partition coefficient (Wildman–Crippen LogP) is 5.11. The zero-order valence-corrected chi connectivity index (χ0v) is 16.6. The molecule has 1 amide bonds. The molecule has 0 radical (unpaired) electrons. The third-order valence-corrected chi connectivity index (χ3v) is 4.80. The minimum Gasteiger partial charge on any atom is -0.406 e. The van der Waals surface area contributed by atoms with Crippen LogP contribution >= 0.6 is 35.4 Å². The van der Waals surface area contributed by atoms with Gasteiger partial charge in [0.1, 0.15) is 11.3 Å². The number of amides is 1. The molecule has 1 saturated heterocycles. The average Bonchev–Trinajstić information content (AvgIpc) is 2.76. The van der Waals surface area contributed by atoms with Crippen molar-refractivity contribution in [3.63, 3.8) is 0 Å². The number of carbonyl (C=O) groups is 1. The van der Waals surface area contributed by atoms with Gasteiger partial charge in [-0.15, -0.1) is 13.2 Å². The van der Waals surface area contributed by atoms with Crippen molar-refractivity contribution < 1.29 is 22.7 Å². The second-order valence-electron chi connectivity index (χ2n) is 6.40. The number of rotatable bonds is 4. The molecule has 0 bridgehead atoms. The van der Waals surface area contributed by atoms with E-state index in [1.54, 1.807) is 19.1 Å². The smallest absolute Gasteiger partial charge is 0.406 e. The summed E-state index contributed by atoms with van der Waals surface area (Å²) >= 11 is 17.3. The number of halogens is 5. The van der Waals surface area contributed by atoms with E-state index in [4.69, 9.17) is 35.4 Å². The van der Waals surface area contributed by atoms with Crippen LogP contribution in [-0.4, -0.2) is 22.9 Å². The fourth-order valence-electron chi connectivity index (χ4n) is 2.92. The Labute approximate surface area is 174 Å². The molecule has 2 aromatic rings. The molecule has 28 heavy (non-hydrogen) atoms. The van der Waals surface area contributed by atoms with Crippen molar-refractivity contribution in [2.75, 3.05) is 4.90 Å². The summed E-state index contributed by atoms with van der Waals surface area (Å²) < 4.78 is 40.7. The van der Waals surface area contributed by atoms with E-state index < -0.39 is 11.9 Å². The molecule has 1 heterocycles. The number of nitrogens with one attached hydrogen (secondary N) is 1. The fraction of sp³-hybridized carbons (Fsp3) is 0.222. The number of thiocarbonyl (C=S) groups is 1. The predicted molar refractivity (Wildman–Crippen MR) is 105 cm³/mol. The number of ether oxygens (including phenoxy) is 1. The van der Waals surface area contributed by atoms with E-state index in [0.29, 0.717) is 21.3 Å². The molecule has 4 nitrogen and oxygen atoms in total. The molecule has 1 N–H and O–H groups in total. The average molecular weight is 449 g/mol. The topological polar surface area (TPSA) is 41.6 Å². The number of hydrogen-bond acceptors (Lipinski definition) is 3. The molecule has 0 spiro atoms. The molecule has 1 aliphatic rings. The van der Waals surface area contributed by atoms with Crippen molar-refractivity contribution >= 4 is 52.1 Å². The van der Waals surface area contributed by atoms with E-state index in [-0.39, 0.29) is 23.2 Å². The summed E-state index contributed by atoms with van der Waals surface area (Å²) in [5, 5.41) is 3.87. The molecule has 0 unspecified atom stereocenters. The lowest BCUT2D eigenvalue weighted by atomic mass is 9.92. The van der Waals surface area contributed by atoms with Gasteiger partial charge in [0.15, 0.2) is 5.11 Å². The zero-order valence-electron chi connectivity index (χ0n) is 14.3. The monoisotopic (exact) mass is 448 g/mol. The molecular formula is C18H13Cl2F3N2O2S. The van der Waals surface area contributed by atoms with Crippen molar-refractivity contribution in [1.29, 1.82) is 0 Å². The van der Waals surface area contributed by atoms with E-state index in [2.05, 4.69) is 10.1 Å². The Morgan fingerprint density at radius 2 is 1.71 bits per heavy atom. The fourth-order valence-corrected chi connectivity index (χ4v) is 3.85. The Kier molecular flexibility index (Phi) is 5.49. The summed E-state index contributed by atoms with van der Waals surface area (Å²) in [6.07, 6.45) is -4.57. The quantitative estimate of drug-likeness (QED) is 0.659. The van der Waals surface area contributed by atoms with Gasteiger partial charge in [0.2, 0.25) is 0 Å². The van der Waals surface area contributed by atoms with Gasteiger partial charge in [0.25, 0.3) is 5.91 Å². The third-order valence-electron chi connectivity index (χ3n) is 4.08. The SMILES string of the molecule is C[C@]1(Cc2ccc(OC(F)(F)F)cc2)NC(=S)N(c2cc(Cl)cc(Cl)c2)C1=O. The maximum atomic E-state index is 13.0. The highest BCUT2D eigenvalue weighted by Crippen LogP contribution is 2.32. The highest BCUT2D eigenvalue weighted by molar-refractivity contribution is 7.80. The lowest BCUT2D eigenvalue weighted by Crippen LogP contribution is -2.46. The Bertz CT molecular complexity index is 917. The first-order valence-corrected chi connectivity index (χ1v) is 9.11. The minimum atomic E-state index is -4.76. The van der Waals surface area contributed by atoms with Crippen LogP contribution in [0.25, 0.3) is 0 Å². The third kappa shape index (κ3) is 4.51. The normalized spacial score (nSPS) is 19.7. The highest BCUT2D eigenvalue weighted by Gasteiger charge is 2.46. The summed E-state index contributed by atoms with van der Waals surface area (Å²) in [6.45, 7) is 1.66. The molecule has 10 heteroatoms. The van der Waals surface area contributed by atoms with E-state index in [9.17, 15) is 18.0 Å². The van der Waals surface area contributed by atoms with Gasteiger partial charge in [-0.3, -0.25) is 9.69 Å². The number of carbonyl (C=O) groups excluding carboxylic acids is 1. The zero-order chi connectivity index (χ0) is 20.7. The van der Waals surface area contributed by atoms with Crippen LogP contribution in [0.3, 0.4) is 0 Å². The first kappa shape index (κ1) is 20.7. The molecule has 0 saturated carbocycles. The van der Waals surface area contributed by atoms with E-state index >= 15 is 0 Å². The second kappa shape index (κ2) is 7.42. The summed E-state index contributed by atoms with van der Waals surface area (Å²) in [5.41, 5.74) is -0.0255. The summed E-state index contributed by atoms with van der Waals surface area (Å²) in [4.78, 5) is 14.3. The Balaban J connectivity index is 1.81. The molecule has 2 aromatic carbocycles. The van der Waals surface area contributed by atoms with Gasteiger partial charge in [-0.1, -0.05) is 35.3 Å². The van der Waals surface area contributed by atoms with E-state index in [1.807, 2.05) is 0 Å². The summed E-state index contributed by atoms with van der Waals surface area (Å²) in [6, 6.07) is 9.97. The first-order chi connectivity index (χ1) is 13.0. The largest absolute Gasteiger partial charge is 0.573 e. The lowest BCUT2D eigenvalue weighted by Gasteiger charge is -2.22. The van der Waals surface area contributed by atoms with E-state index in [0.717, 1.165) is 0 Å². The van der Waals surface area contributed by atoms with Gasteiger partial charge in [-0.05, 0) is 55.0 Å². The van der Waals surface area contributed by atoms with Crippen LogP contribution in [0.1, 0.15) is 12.5 Å². The second-order valence-corrected chi connectivity index (χ2v) is 7.66. The van der Waals surface area contributed by atoms with Gasteiger partial charge in [-0.25, -0.2) is 0 Å². The van der Waals surface area contributed by atoms with Crippen molar-refractivity contribution in [3.8, 4) is 5.75 Å². The molecule has 148 valence electrons. The number of hydrogen-bond donors (Lipinski definition) is 1. The van der Waals surface area contributed by atoms with E-state index in [1.165, 1.54) is 35.2 Å². The maximum Gasteiger partial charge on any atom is 0.573 e. The van der Waals surface area contributed by atoms with Crippen LogP contribution in [0, 0.1) is 0 Å². The maximum absolute atomic E-state index is 13.0. The van der Waals surface area contributed by atoms with Gasteiger partial charge < -0.3 is 10.1 Å². The van der Waals surface area contributed by atoms with Crippen molar-refractivity contribution in [2.24, 2.45) is 0 Å². The number of alkyl halides is 3. The lowest BCUT2D eigenvalue weighted by molar-refractivity contribution is -0.274. The van der Waals surface area contributed by atoms with Crippen molar-refractivity contribution in [1.82, 2.24) is 5.32 Å². The van der Waals surface area contributed by atoms with Crippen LogP contribution in [0.5, 0.6) is 5.75 Å². The van der Waals surface area contributed by atoms with Crippen LogP contribution in [0.2, 0.25) is 10.0 Å². The first-order valence-electron chi connectivity index (χ1n) is 7.94. The molecule has 3 rings (SSSR count). The Hall–Kier alpha value is -2.03. The molecule has 1 atom stereocenters. The number of benzene rings is 2. The molecular weight excluding hydrogens is 436 g/mol. The molecule has 1 aliphatic heterocycles. The molecule has 1 fully saturated rings. The summed E-state index contributed by atoms with van der Waals surface area (Å²) in [7, 11) is 0. The minimum absolute atomic E-state index is 0.183. The Morgan fingerprint density at radius 1 is 1.14 bits per heavy atom. The van der Waals surface area contributed by atoms with Gasteiger partial charge in [-0.2, -0.15) is 0 Å². The van der Waals surface area contributed by atoms with Crippen LogP contribution < -0.4 is 15.0 Å².